The molecule has 0 saturated carbocycles. The first-order valence-electron chi connectivity index (χ1n) is 4.59. The molecule has 3 nitrogen and oxygen atoms in total. The van der Waals surface area contributed by atoms with Crippen molar-refractivity contribution in [2.45, 2.75) is 45.3 Å². The Kier molecular flexibility index (Phi) is 7.00. The van der Waals surface area contributed by atoms with Gasteiger partial charge in [0, 0.05) is 18.3 Å². The summed E-state index contributed by atoms with van der Waals surface area (Å²) in [5.74, 6) is 0.520. The zero-order valence-corrected chi connectivity index (χ0v) is 8.97. The maximum atomic E-state index is 11.1. The number of carbonyl (C=O) groups is 1. The molecule has 0 fully saturated rings. The number of hydrogen-bond acceptors (Lipinski definition) is 2. The van der Waals surface area contributed by atoms with Crippen molar-refractivity contribution in [1.82, 2.24) is 5.32 Å². The van der Waals surface area contributed by atoms with E-state index in [0.717, 1.165) is 0 Å². The standard InChI is InChI=1S/C9H18ClNO2/c1-7(6-8(2)12)11-9(13)4-3-5-10/h7-8,12H,3-6H2,1-2H3,(H,11,13). The van der Waals surface area contributed by atoms with Crippen LogP contribution in [0.5, 0.6) is 0 Å². The van der Waals surface area contributed by atoms with Crippen LogP contribution in [0.2, 0.25) is 0 Å². The van der Waals surface area contributed by atoms with Gasteiger partial charge in [0.05, 0.1) is 6.10 Å². The Morgan fingerprint density at radius 2 is 2.15 bits per heavy atom. The van der Waals surface area contributed by atoms with Gasteiger partial charge in [-0.05, 0) is 26.7 Å². The molecule has 0 aliphatic rings. The molecule has 0 heterocycles. The number of halogens is 1. The molecule has 1 amide bonds. The summed E-state index contributed by atoms with van der Waals surface area (Å²) in [7, 11) is 0. The molecule has 0 aromatic heterocycles. The van der Waals surface area contributed by atoms with Gasteiger partial charge >= 0.3 is 0 Å². The van der Waals surface area contributed by atoms with Crippen molar-refractivity contribution in [3.05, 3.63) is 0 Å². The van der Waals surface area contributed by atoms with Crippen molar-refractivity contribution in [3.8, 4) is 0 Å². The van der Waals surface area contributed by atoms with Gasteiger partial charge in [0.25, 0.3) is 0 Å². The molecule has 2 unspecified atom stereocenters. The number of rotatable bonds is 6. The number of hydrogen-bond donors (Lipinski definition) is 2. The number of alkyl halides is 1. The van der Waals surface area contributed by atoms with Crippen molar-refractivity contribution >= 4 is 17.5 Å². The van der Waals surface area contributed by atoms with Crippen LogP contribution >= 0.6 is 11.6 Å². The van der Waals surface area contributed by atoms with E-state index in [1.807, 2.05) is 6.92 Å². The van der Waals surface area contributed by atoms with E-state index in [1.54, 1.807) is 6.92 Å². The lowest BCUT2D eigenvalue weighted by atomic mass is 10.1. The van der Waals surface area contributed by atoms with E-state index in [2.05, 4.69) is 5.32 Å². The summed E-state index contributed by atoms with van der Waals surface area (Å²) in [6.45, 7) is 3.59. The first-order valence-corrected chi connectivity index (χ1v) is 5.13. The fourth-order valence-corrected chi connectivity index (χ4v) is 1.28. The van der Waals surface area contributed by atoms with Crippen LogP contribution in [-0.4, -0.2) is 29.0 Å². The molecule has 0 radical (unpaired) electrons. The molecule has 0 aromatic rings. The second-order valence-electron chi connectivity index (χ2n) is 3.35. The molecule has 2 atom stereocenters. The van der Waals surface area contributed by atoms with Crippen LogP contribution < -0.4 is 5.32 Å². The van der Waals surface area contributed by atoms with E-state index in [-0.39, 0.29) is 18.1 Å². The fourth-order valence-electron chi connectivity index (χ4n) is 1.14. The van der Waals surface area contributed by atoms with E-state index in [0.29, 0.717) is 25.1 Å². The molecule has 13 heavy (non-hydrogen) atoms. The quantitative estimate of drug-likeness (QED) is 0.645. The molecule has 0 spiro atoms. The third kappa shape index (κ3) is 8.06. The molecule has 0 saturated heterocycles. The lowest BCUT2D eigenvalue weighted by Crippen LogP contribution is -2.34. The maximum Gasteiger partial charge on any atom is 0.220 e. The van der Waals surface area contributed by atoms with E-state index >= 15 is 0 Å². The second-order valence-corrected chi connectivity index (χ2v) is 3.72. The molecule has 0 rings (SSSR count). The zero-order chi connectivity index (χ0) is 10.3. The third-order valence-corrected chi connectivity index (χ3v) is 1.91. The van der Waals surface area contributed by atoms with Crippen molar-refractivity contribution in [3.63, 3.8) is 0 Å². The van der Waals surface area contributed by atoms with Crippen LogP contribution in [0.1, 0.15) is 33.1 Å². The van der Waals surface area contributed by atoms with Crippen LogP contribution in [0.3, 0.4) is 0 Å². The summed E-state index contributed by atoms with van der Waals surface area (Å²) in [5.41, 5.74) is 0. The smallest absolute Gasteiger partial charge is 0.220 e. The van der Waals surface area contributed by atoms with Gasteiger partial charge in [0.2, 0.25) is 5.91 Å². The molecule has 0 aliphatic carbocycles. The van der Waals surface area contributed by atoms with Gasteiger partial charge in [-0.2, -0.15) is 0 Å². The summed E-state index contributed by atoms with van der Waals surface area (Å²) in [6.07, 6.45) is 1.39. The topological polar surface area (TPSA) is 49.3 Å². The summed E-state index contributed by atoms with van der Waals surface area (Å²) in [5, 5.41) is 11.8. The van der Waals surface area contributed by atoms with Crippen LogP contribution in [0.15, 0.2) is 0 Å². The molecule has 4 heteroatoms. The van der Waals surface area contributed by atoms with Crippen LogP contribution in [0.4, 0.5) is 0 Å². The number of amides is 1. The van der Waals surface area contributed by atoms with Crippen LogP contribution in [0.25, 0.3) is 0 Å². The second kappa shape index (κ2) is 7.15. The zero-order valence-electron chi connectivity index (χ0n) is 8.22. The van der Waals surface area contributed by atoms with Gasteiger partial charge in [0.1, 0.15) is 0 Å². The van der Waals surface area contributed by atoms with Crippen LogP contribution in [0, 0.1) is 0 Å². The molecular formula is C9H18ClNO2. The van der Waals surface area contributed by atoms with Gasteiger partial charge in [-0.1, -0.05) is 0 Å². The molecule has 78 valence electrons. The average molecular weight is 208 g/mol. The lowest BCUT2D eigenvalue weighted by Gasteiger charge is -2.14. The van der Waals surface area contributed by atoms with Crippen molar-refractivity contribution in [1.29, 1.82) is 0 Å². The number of aliphatic hydroxyl groups is 1. The Balaban J connectivity index is 3.53. The largest absolute Gasteiger partial charge is 0.393 e. The first-order chi connectivity index (χ1) is 6.06. The van der Waals surface area contributed by atoms with Crippen LogP contribution in [-0.2, 0) is 4.79 Å². The van der Waals surface area contributed by atoms with Gasteiger partial charge in [-0.15, -0.1) is 11.6 Å². The highest BCUT2D eigenvalue weighted by Gasteiger charge is 2.08. The average Bonchev–Trinajstić information content (AvgIpc) is 1.98. The number of nitrogens with one attached hydrogen (secondary N) is 1. The minimum atomic E-state index is -0.372. The van der Waals surface area contributed by atoms with Crippen molar-refractivity contribution < 1.29 is 9.90 Å². The lowest BCUT2D eigenvalue weighted by molar-refractivity contribution is -0.121. The molecular weight excluding hydrogens is 190 g/mol. The molecule has 0 aromatic carbocycles. The SMILES string of the molecule is CC(O)CC(C)NC(=O)CCCCl. The number of carbonyl (C=O) groups excluding carboxylic acids is 1. The summed E-state index contributed by atoms with van der Waals surface area (Å²) in [6, 6.07) is 0.0304. The Bertz CT molecular complexity index is 151. The van der Waals surface area contributed by atoms with Gasteiger partial charge in [-0.3, -0.25) is 4.79 Å². The van der Waals surface area contributed by atoms with Gasteiger partial charge in [-0.25, -0.2) is 0 Å². The maximum absolute atomic E-state index is 11.1. The highest BCUT2D eigenvalue weighted by atomic mass is 35.5. The number of aliphatic hydroxyl groups excluding tert-OH is 1. The summed E-state index contributed by atoms with van der Waals surface area (Å²) in [4.78, 5) is 11.1. The molecule has 2 N–H and O–H groups in total. The van der Waals surface area contributed by atoms with Gasteiger partial charge < -0.3 is 10.4 Å². The van der Waals surface area contributed by atoms with Crippen molar-refractivity contribution in [2.24, 2.45) is 0 Å². The van der Waals surface area contributed by atoms with E-state index < -0.39 is 0 Å². The predicted molar refractivity (Wildman–Crippen MR) is 53.9 cm³/mol. The third-order valence-electron chi connectivity index (χ3n) is 1.64. The normalized spacial score (nSPS) is 15.1. The van der Waals surface area contributed by atoms with E-state index in [1.165, 1.54) is 0 Å². The molecule has 0 aliphatic heterocycles. The fraction of sp³-hybridized carbons (Fsp3) is 0.889. The Morgan fingerprint density at radius 1 is 1.54 bits per heavy atom. The van der Waals surface area contributed by atoms with Crippen molar-refractivity contribution in [2.75, 3.05) is 5.88 Å². The Hall–Kier alpha value is -0.280. The highest BCUT2D eigenvalue weighted by Crippen LogP contribution is 1.98. The summed E-state index contributed by atoms with van der Waals surface area (Å²) < 4.78 is 0. The Morgan fingerprint density at radius 3 is 2.62 bits per heavy atom. The van der Waals surface area contributed by atoms with E-state index in [9.17, 15) is 4.79 Å². The minimum absolute atomic E-state index is 0.00815. The van der Waals surface area contributed by atoms with E-state index in [4.69, 9.17) is 16.7 Å². The Labute approximate surface area is 84.5 Å². The highest BCUT2D eigenvalue weighted by molar-refractivity contribution is 6.17. The van der Waals surface area contributed by atoms with Gasteiger partial charge in [0.15, 0.2) is 0 Å². The minimum Gasteiger partial charge on any atom is -0.393 e. The predicted octanol–water partition coefficient (Wildman–Crippen LogP) is 1.28. The monoisotopic (exact) mass is 207 g/mol. The molecule has 0 bridgehead atoms. The first kappa shape index (κ1) is 12.7. The summed E-state index contributed by atoms with van der Waals surface area (Å²) >= 11 is 5.45.